The van der Waals surface area contributed by atoms with E-state index in [0.717, 1.165) is 5.56 Å². The number of rotatable bonds is 3. The average Bonchev–Trinajstić information content (AvgIpc) is 2.33. The van der Waals surface area contributed by atoms with Crippen LogP contribution in [-0.4, -0.2) is 29.0 Å². The first kappa shape index (κ1) is 11.9. The van der Waals surface area contributed by atoms with Gasteiger partial charge in [-0.3, -0.25) is 14.5 Å². The van der Waals surface area contributed by atoms with Crippen molar-refractivity contribution in [3.63, 3.8) is 0 Å². The maximum absolute atomic E-state index is 12.1. The highest BCUT2D eigenvalue weighted by molar-refractivity contribution is 7.80. The van der Waals surface area contributed by atoms with Crippen molar-refractivity contribution in [1.29, 1.82) is 0 Å². The van der Waals surface area contributed by atoms with Gasteiger partial charge in [0.2, 0.25) is 5.91 Å². The standard InChI is InChI=1S/C13H13NO2S/c15-12-9-10-5-1-2-6-11(10)13(16)14(12)7-3-4-8-17/h1-6,17H,7-9H2. The number of hydrogen-bond acceptors (Lipinski definition) is 3. The topological polar surface area (TPSA) is 37.4 Å². The number of nitrogens with zero attached hydrogens (tertiary/aromatic N) is 1. The number of carbonyl (C=O) groups excluding carboxylic acids is 2. The van der Waals surface area contributed by atoms with Gasteiger partial charge in [-0.15, -0.1) is 0 Å². The van der Waals surface area contributed by atoms with Crippen LogP contribution in [0.4, 0.5) is 0 Å². The van der Waals surface area contributed by atoms with Crippen LogP contribution in [-0.2, 0) is 11.2 Å². The number of carbonyl (C=O) groups is 2. The first-order valence-electron chi connectivity index (χ1n) is 5.42. The highest BCUT2D eigenvalue weighted by Gasteiger charge is 2.29. The molecule has 17 heavy (non-hydrogen) atoms. The van der Waals surface area contributed by atoms with Crippen LogP contribution in [0.2, 0.25) is 0 Å². The Kier molecular flexibility index (Phi) is 3.64. The van der Waals surface area contributed by atoms with E-state index in [0.29, 0.717) is 24.3 Å². The summed E-state index contributed by atoms with van der Waals surface area (Å²) in [5.41, 5.74) is 1.45. The highest BCUT2D eigenvalue weighted by atomic mass is 32.1. The molecule has 1 aromatic rings. The fourth-order valence-corrected chi connectivity index (χ4v) is 1.99. The number of benzene rings is 1. The van der Waals surface area contributed by atoms with Crippen LogP contribution in [0.5, 0.6) is 0 Å². The quantitative estimate of drug-likeness (QED) is 0.501. The first-order chi connectivity index (χ1) is 8.24. The van der Waals surface area contributed by atoms with Gasteiger partial charge in [0.05, 0.1) is 6.42 Å². The second-order valence-electron chi connectivity index (χ2n) is 3.80. The van der Waals surface area contributed by atoms with Crippen molar-refractivity contribution >= 4 is 24.4 Å². The summed E-state index contributed by atoms with van der Waals surface area (Å²) in [6, 6.07) is 7.25. The summed E-state index contributed by atoms with van der Waals surface area (Å²) in [6.07, 6.45) is 3.91. The summed E-state index contributed by atoms with van der Waals surface area (Å²) in [7, 11) is 0. The van der Waals surface area contributed by atoms with E-state index in [1.54, 1.807) is 12.1 Å². The van der Waals surface area contributed by atoms with Crippen LogP contribution < -0.4 is 0 Å². The molecule has 88 valence electrons. The largest absolute Gasteiger partial charge is 0.274 e. The second kappa shape index (κ2) is 5.19. The Bertz CT molecular complexity index is 482. The Hall–Kier alpha value is -1.55. The Morgan fingerprint density at radius 1 is 1.24 bits per heavy atom. The number of hydrogen-bond donors (Lipinski definition) is 1. The molecule has 3 nitrogen and oxygen atoms in total. The van der Waals surface area contributed by atoms with Crippen LogP contribution in [0.1, 0.15) is 15.9 Å². The minimum atomic E-state index is -0.208. The van der Waals surface area contributed by atoms with E-state index in [1.165, 1.54) is 4.90 Å². The van der Waals surface area contributed by atoms with Gasteiger partial charge in [0.25, 0.3) is 5.91 Å². The van der Waals surface area contributed by atoms with Gasteiger partial charge < -0.3 is 0 Å². The van der Waals surface area contributed by atoms with Gasteiger partial charge in [-0.05, 0) is 11.6 Å². The van der Waals surface area contributed by atoms with Gasteiger partial charge in [0, 0.05) is 17.9 Å². The predicted octanol–water partition coefficient (Wildman–Crippen LogP) is 1.70. The van der Waals surface area contributed by atoms with Crippen molar-refractivity contribution in [2.45, 2.75) is 6.42 Å². The zero-order valence-corrected chi connectivity index (χ0v) is 10.2. The molecule has 4 heteroatoms. The fraction of sp³-hybridized carbons (Fsp3) is 0.231. The minimum absolute atomic E-state index is 0.141. The molecule has 0 saturated carbocycles. The molecule has 0 saturated heterocycles. The normalized spacial score (nSPS) is 15.5. The summed E-state index contributed by atoms with van der Waals surface area (Å²) in [5.74, 6) is 0.255. The van der Waals surface area contributed by atoms with E-state index in [-0.39, 0.29) is 11.8 Å². The molecule has 0 N–H and O–H groups in total. The molecule has 0 spiro atoms. The van der Waals surface area contributed by atoms with E-state index in [1.807, 2.05) is 24.3 Å². The SMILES string of the molecule is O=C1Cc2ccccc2C(=O)N1CC=CCS. The molecule has 0 aromatic heterocycles. The van der Waals surface area contributed by atoms with Crippen molar-refractivity contribution in [2.75, 3.05) is 12.3 Å². The fourth-order valence-electron chi connectivity index (χ4n) is 1.84. The van der Waals surface area contributed by atoms with Gasteiger partial charge in [-0.25, -0.2) is 0 Å². The Labute approximate surface area is 106 Å². The monoisotopic (exact) mass is 247 g/mol. The third kappa shape index (κ3) is 2.42. The van der Waals surface area contributed by atoms with E-state index < -0.39 is 0 Å². The Morgan fingerprint density at radius 2 is 2.00 bits per heavy atom. The van der Waals surface area contributed by atoms with Crippen molar-refractivity contribution in [1.82, 2.24) is 4.90 Å². The third-order valence-corrected chi connectivity index (χ3v) is 2.91. The smallest absolute Gasteiger partial charge is 0.261 e. The van der Waals surface area contributed by atoms with Crippen LogP contribution in [0.25, 0.3) is 0 Å². The predicted molar refractivity (Wildman–Crippen MR) is 69.2 cm³/mol. The maximum atomic E-state index is 12.1. The Balaban J connectivity index is 2.24. The molecule has 2 amide bonds. The minimum Gasteiger partial charge on any atom is -0.274 e. The van der Waals surface area contributed by atoms with Crippen molar-refractivity contribution in [3.8, 4) is 0 Å². The summed E-state index contributed by atoms with van der Waals surface area (Å²) < 4.78 is 0. The van der Waals surface area contributed by atoms with Gasteiger partial charge in [-0.1, -0.05) is 30.4 Å². The lowest BCUT2D eigenvalue weighted by atomic mass is 9.98. The summed E-state index contributed by atoms with van der Waals surface area (Å²) >= 11 is 4.03. The highest BCUT2D eigenvalue weighted by Crippen LogP contribution is 2.19. The molecule has 1 aromatic carbocycles. The summed E-state index contributed by atoms with van der Waals surface area (Å²) in [4.78, 5) is 25.2. The van der Waals surface area contributed by atoms with Crippen LogP contribution in [0.15, 0.2) is 36.4 Å². The maximum Gasteiger partial charge on any atom is 0.261 e. The van der Waals surface area contributed by atoms with E-state index in [2.05, 4.69) is 12.6 Å². The molecule has 0 radical (unpaired) electrons. The molecule has 0 atom stereocenters. The van der Waals surface area contributed by atoms with E-state index in [4.69, 9.17) is 0 Å². The number of thiol groups is 1. The lowest BCUT2D eigenvalue weighted by Crippen LogP contribution is -2.42. The van der Waals surface area contributed by atoms with Crippen LogP contribution in [0.3, 0.4) is 0 Å². The average molecular weight is 247 g/mol. The molecule has 1 heterocycles. The molecular weight excluding hydrogens is 234 g/mol. The molecule has 1 aliphatic heterocycles. The lowest BCUT2D eigenvalue weighted by molar-refractivity contribution is -0.127. The van der Waals surface area contributed by atoms with Crippen LogP contribution >= 0.6 is 12.6 Å². The molecule has 1 aliphatic rings. The molecule has 0 bridgehead atoms. The summed E-state index contributed by atoms with van der Waals surface area (Å²) in [6.45, 7) is 0.326. The van der Waals surface area contributed by atoms with E-state index in [9.17, 15) is 9.59 Å². The van der Waals surface area contributed by atoms with Gasteiger partial charge in [0.15, 0.2) is 0 Å². The van der Waals surface area contributed by atoms with Gasteiger partial charge in [0.1, 0.15) is 0 Å². The molecule has 2 rings (SSSR count). The van der Waals surface area contributed by atoms with Crippen molar-refractivity contribution < 1.29 is 9.59 Å². The Morgan fingerprint density at radius 3 is 2.76 bits per heavy atom. The van der Waals surface area contributed by atoms with Crippen molar-refractivity contribution in [3.05, 3.63) is 47.5 Å². The summed E-state index contributed by atoms with van der Waals surface area (Å²) in [5, 5.41) is 0. The lowest BCUT2D eigenvalue weighted by Gasteiger charge is -2.25. The molecule has 0 unspecified atom stereocenters. The molecular formula is C13H13NO2S. The van der Waals surface area contributed by atoms with E-state index >= 15 is 0 Å². The first-order valence-corrected chi connectivity index (χ1v) is 6.05. The van der Waals surface area contributed by atoms with Gasteiger partial charge >= 0.3 is 0 Å². The zero-order chi connectivity index (χ0) is 12.3. The molecule has 0 aliphatic carbocycles. The second-order valence-corrected chi connectivity index (χ2v) is 4.16. The third-order valence-electron chi connectivity index (χ3n) is 2.70. The number of fused-ring (bicyclic) bond motifs is 1. The van der Waals surface area contributed by atoms with Gasteiger partial charge in [-0.2, -0.15) is 12.6 Å². The van der Waals surface area contributed by atoms with Crippen LogP contribution in [0, 0.1) is 0 Å². The number of amides is 2. The zero-order valence-electron chi connectivity index (χ0n) is 9.30. The molecule has 0 fully saturated rings. The van der Waals surface area contributed by atoms with Crippen molar-refractivity contribution in [2.24, 2.45) is 0 Å². The number of imide groups is 1.